The summed E-state index contributed by atoms with van der Waals surface area (Å²) in [7, 11) is 0. The molecule has 1 atom stereocenters. The second-order valence-electron chi connectivity index (χ2n) is 5.50. The van der Waals surface area contributed by atoms with Gasteiger partial charge in [-0.1, -0.05) is 6.92 Å². The highest BCUT2D eigenvalue weighted by molar-refractivity contribution is 5.82. The Hall–Kier alpha value is -1.85. The molecule has 1 saturated heterocycles. The summed E-state index contributed by atoms with van der Waals surface area (Å²) in [5, 5.41) is 3.26. The summed E-state index contributed by atoms with van der Waals surface area (Å²) in [6, 6.07) is 0. The van der Waals surface area contributed by atoms with Crippen LogP contribution in [-0.4, -0.2) is 35.5 Å². The highest BCUT2D eigenvalue weighted by atomic mass is 16.1. The maximum absolute atomic E-state index is 11.6. The van der Waals surface area contributed by atoms with Gasteiger partial charge in [0.1, 0.15) is 18.0 Å². The molecule has 1 aliphatic rings. The average molecular weight is 277 g/mol. The van der Waals surface area contributed by atoms with Crippen molar-refractivity contribution in [2.45, 2.75) is 33.6 Å². The van der Waals surface area contributed by atoms with E-state index >= 15 is 0 Å². The zero-order valence-corrected chi connectivity index (χ0v) is 12.4. The minimum Gasteiger partial charge on any atom is -0.370 e. The molecule has 1 aliphatic heterocycles. The average Bonchev–Trinajstić information content (AvgIpc) is 2.83. The Labute approximate surface area is 119 Å². The minimum absolute atomic E-state index is 0.237. The van der Waals surface area contributed by atoms with E-state index in [1.807, 2.05) is 13.8 Å². The lowest BCUT2D eigenvalue weighted by Gasteiger charge is -2.24. The maximum atomic E-state index is 11.6. The first-order valence-corrected chi connectivity index (χ1v) is 7.14. The number of carbonyl (C=O) groups is 1. The lowest BCUT2D eigenvalue weighted by Crippen LogP contribution is -2.37. The molecule has 1 fully saturated rings. The number of anilines is 2. The van der Waals surface area contributed by atoms with Crippen LogP contribution in [0.4, 0.5) is 11.6 Å². The molecule has 1 aromatic heterocycles. The first-order chi connectivity index (χ1) is 9.51. The summed E-state index contributed by atoms with van der Waals surface area (Å²) in [5.74, 6) is 1.56. The third kappa shape index (κ3) is 2.55. The van der Waals surface area contributed by atoms with Gasteiger partial charge in [0.05, 0.1) is 5.41 Å². The molecule has 0 saturated carbocycles. The SMILES string of the molecule is CCNc1ncnc(N2CCC(C)(C(N)=O)C2)c1CC. The van der Waals surface area contributed by atoms with Gasteiger partial charge in [-0.15, -0.1) is 0 Å². The lowest BCUT2D eigenvalue weighted by molar-refractivity contribution is -0.125. The molecule has 6 nitrogen and oxygen atoms in total. The zero-order valence-electron chi connectivity index (χ0n) is 12.4. The van der Waals surface area contributed by atoms with E-state index in [-0.39, 0.29) is 5.91 Å². The van der Waals surface area contributed by atoms with E-state index in [1.54, 1.807) is 6.33 Å². The summed E-state index contributed by atoms with van der Waals surface area (Å²) in [5.41, 5.74) is 6.15. The van der Waals surface area contributed by atoms with Crippen LogP contribution in [0.3, 0.4) is 0 Å². The van der Waals surface area contributed by atoms with E-state index < -0.39 is 5.41 Å². The van der Waals surface area contributed by atoms with Crippen LogP contribution in [0.5, 0.6) is 0 Å². The molecule has 1 aromatic rings. The molecule has 0 radical (unpaired) electrons. The van der Waals surface area contributed by atoms with Crippen LogP contribution in [0, 0.1) is 5.41 Å². The quantitative estimate of drug-likeness (QED) is 0.844. The van der Waals surface area contributed by atoms with Gasteiger partial charge in [-0.3, -0.25) is 4.79 Å². The highest BCUT2D eigenvalue weighted by Gasteiger charge is 2.40. The highest BCUT2D eigenvalue weighted by Crippen LogP contribution is 2.34. The molecule has 1 unspecified atom stereocenters. The molecule has 2 rings (SSSR count). The van der Waals surface area contributed by atoms with Crippen molar-refractivity contribution >= 4 is 17.5 Å². The van der Waals surface area contributed by atoms with Gasteiger partial charge < -0.3 is 16.0 Å². The molecule has 110 valence electrons. The number of nitrogens with one attached hydrogen (secondary N) is 1. The predicted octanol–water partition coefficient (Wildman–Crippen LogP) is 1.17. The van der Waals surface area contributed by atoms with Crippen molar-refractivity contribution in [1.82, 2.24) is 9.97 Å². The van der Waals surface area contributed by atoms with Crippen LogP contribution >= 0.6 is 0 Å². The van der Waals surface area contributed by atoms with E-state index in [9.17, 15) is 4.79 Å². The second kappa shape index (κ2) is 5.64. The van der Waals surface area contributed by atoms with Crippen molar-refractivity contribution in [3.8, 4) is 0 Å². The predicted molar refractivity (Wildman–Crippen MR) is 79.7 cm³/mol. The Balaban J connectivity index is 2.30. The van der Waals surface area contributed by atoms with Gasteiger partial charge in [0, 0.05) is 25.2 Å². The summed E-state index contributed by atoms with van der Waals surface area (Å²) in [6.07, 6.45) is 3.20. The Bertz CT molecular complexity index is 504. The fraction of sp³-hybridized carbons (Fsp3) is 0.643. The number of hydrogen-bond acceptors (Lipinski definition) is 5. The van der Waals surface area contributed by atoms with Crippen LogP contribution in [-0.2, 0) is 11.2 Å². The van der Waals surface area contributed by atoms with Gasteiger partial charge in [0.25, 0.3) is 0 Å². The molecule has 2 heterocycles. The van der Waals surface area contributed by atoms with Crippen molar-refractivity contribution in [3.63, 3.8) is 0 Å². The monoisotopic (exact) mass is 277 g/mol. The number of hydrogen-bond donors (Lipinski definition) is 2. The van der Waals surface area contributed by atoms with E-state index in [1.165, 1.54) is 0 Å². The van der Waals surface area contributed by atoms with Crippen LogP contribution in [0.1, 0.15) is 32.8 Å². The lowest BCUT2D eigenvalue weighted by atomic mass is 9.89. The standard InChI is InChI=1S/C14H23N5O/c1-4-10-11(16-5-2)17-9-18-12(10)19-7-6-14(3,8-19)13(15)20/h9H,4-8H2,1-3H3,(H2,15,20)(H,16,17,18). The number of primary amides is 1. The van der Waals surface area contributed by atoms with Crippen LogP contribution in [0.2, 0.25) is 0 Å². The molecule has 6 heteroatoms. The molecule has 0 aromatic carbocycles. The van der Waals surface area contributed by atoms with Gasteiger partial charge in [-0.2, -0.15) is 0 Å². The number of rotatable bonds is 5. The first kappa shape index (κ1) is 14.6. The topological polar surface area (TPSA) is 84.1 Å². The molecule has 20 heavy (non-hydrogen) atoms. The van der Waals surface area contributed by atoms with Crippen molar-refractivity contribution in [3.05, 3.63) is 11.9 Å². The molecule has 0 spiro atoms. The molecule has 0 bridgehead atoms. The first-order valence-electron chi connectivity index (χ1n) is 7.14. The number of carbonyl (C=O) groups excluding carboxylic acids is 1. The van der Waals surface area contributed by atoms with Crippen LogP contribution < -0.4 is 16.0 Å². The third-order valence-electron chi connectivity index (χ3n) is 3.99. The molecular weight excluding hydrogens is 254 g/mol. The Morgan fingerprint density at radius 3 is 2.80 bits per heavy atom. The van der Waals surface area contributed by atoms with E-state index in [2.05, 4.69) is 27.1 Å². The maximum Gasteiger partial charge on any atom is 0.225 e. The second-order valence-corrected chi connectivity index (χ2v) is 5.50. The number of amides is 1. The fourth-order valence-corrected chi connectivity index (χ4v) is 2.66. The van der Waals surface area contributed by atoms with Crippen molar-refractivity contribution in [2.24, 2.45) is 11.1 Å². The third-order valence-corrected chi connectivity index (χ3v) is 3.99. The van der Waals surface area contributed by atoms with Crippen LogP contribution in [0.15, 0.2) is 6.33 Å². The summed E-state index contributed by atoms with van der Waals surface area (Å²) < 4.78 is 0. The minimum atomic E-state index is -0.464. The van der Waals surface area contributed by atoms with E-state index in [0.717, 1.165) is 43.1 Å². The van der Waals surface area contributed by atoms with Gasteiger partial charge in [-0.05, 0) is 26.7 Å². The summed E-state index contributed by atoms with van der Waals surface area (Å²) in [4.78, 5) is 22.4. The largest absolute Gasteiger partial charge is 0.370 e. The Kier molecular flexibility index (Phi) is 4.11. The Morgan fingerprint density at radius 2 is 2.25 bits per heavy atom. The summed E-state index contributed by atoms with van der Waals surface area (Å²) >= 11 is 0. The molecule has 0 aliphatic carbocycles. The van der Waals surface area contributed by atoms with Crippen LogP contribution in [0.25, 0.3) is 0 Å². The number of nitrogens with zero attached hydrogens (tertiary/aromatic N) is 3. The molecule has 3 N–H and O–H groups in total. The molecule has 1 amide bonds. The number of aromatic nitrogens is 2. The van der Waals surface area contributed by atoms with Gasteiger partial charge in [0.2, 0.25) is 5.91 Å². The van der Waals surface area contributed by atoms with Gasteiger partial charge in [0.15, 0.2) is 0 Å². The van der Waals surface area contributed by atoms with E-state index in [4.69, 9.17) is 5.73 Å². The van der Waals surface area contributed by atoms with Crippen molar-refractivity contribution in [1.29, 1.82) is 0 Å². The normalized spacial score (nSPS) is 22.1. The molecular formula is C14H23N5O. The van der Waals surface area contributed by atoms with Gasteiger partial charge in [-0.25, -0.2) is 9.97 Å². The summed E-state index contributed by atoms with van der Waals surface area (Å²) in [6.45, 7) is 8.30. The van der Waals surface area contributed by atoms with E-state index in [0.29, 0.717) is 6.54 Å². The Morgan fingerprint density at radius 1 is 1.50 bits per heavy atom. The van der Waals surface area contributed by atoms with Gasteiger partial charge >= 0.3 is 0 Å². The van der Waals surface area contributed by atoms with Crippen molar-refractivity contribution < 1.29 is 4.79 Å². The smallest absolute Gasteiger partial charge is 0.225 e. The fourth-order valence-electron chi connectivity index (χ4n) is 2.66. The zero-order chi connectivity index (χ0) is 14.8. The number of nitrogens with two attached hydrogens (primary N) is 1. The van der Waals surface area contributed by atoms with Crippen molar-refractivity contribution in [2.75, 3.05) is 29.9 Å².